The number of halogens is 1. The maximum absolute atomic E-state index is 11.7. The molecule has 0 saturated heterocycles. The molecule has 160 valence electrons. The van der Waals surface area contributed by atoms with E-state index < -0.39 is 5.97 Å². The van der Waals surface area contributed by atoms with Crippen molar-refractivity contribution in [3.05, 3.63) is 86.0 Å². The van der Waals surface area contributed by atoms with E-state index in [-0.39, 0.29) is 16.9 Å². The third-order valence-corrected chi connectivity index (χ3v) is 8.75. The number of fused-ring (bicyclic) bond motifs is 2. The largest absolute Gasteiger partial charge is 0.481 e. The molecule has 0 radical (unpaired) electrons. The highest BCUT2D eigenvalue weighted by molar-refractivity contribution is 9.10. The lowest BCUT2D eigenvalue weighted by Gasteiger charge is -2.51. The van der Waals surface area contributed by atoms with Gasteiger partial charge in [0.1, 0.15) is 0 Å². The summed E-state index contributed by atoms with van der Waals surface area (Å²) in [6, 6.07) is 19.5. The number of carboxylic acid groups (broad SMARTS) is 1. The number of anilines is 1. The van der Waals surface area contributed by atoms with Gasteiger partial charge in [-0.15, -0.1) is 11.3 Å². The molecular formula is C26H26BrNO2S. The second-order valence-corrected chi connectivity index (χ2v) is 11.0. The average molecular weight is 496 g/mol. The minimum atomic E-state index is -0.655. The normalized spacial score (nSPS) is 27.2. The summed E-state index contributed by atoms with van der Waals surface area (Å²) in [7, 11) is 0. The van der Waals surface area contributed by atoms with E-state index in [2.05, 4.69) is 82.1 Å². The molecule has 0 aliphatic heterocycles. The van der Waals surface area contributed by atoms with Crippen molar-refractivity contribution >= 4 is 38.9 Å². The zero-order valence-electron chi connectivity index (χ0n) is 17.5. The van der Waals surface area contributed by atoms with E-state index in [1.165, 1.54) is 21.6 Å². The average Bonchev–Trinajstić information content (AvgIpc) is 3.30. The summed E-state index contributed by atoms with van der Waals surface area (Å²) in [5, 5.41) is 16.0. The highest BCUT2D eigenvalue weighted by Gasteiger charge is 2.59. The van der Waals surface area contributed by atoms with Crippen molar-refractivity contribution in [2.75, 3.05) is 5.32 Å². The van der Waals surface area contributed by atoms with Crippen molar-refractivity contribution in [3.63, 3.8) is 0 Å². The zero-order chi connectivity index (χ0) is 21.6. The van der Waals surface area contributed by atoms with Crippen LogP contribution in [0, 0.1) is 12.8 Å². The van der Waals surface area contributed by atoms with Crippen molar-refractivity contribution in [2.45, 2.75) is 50.0 Å². The fraction of sp³-hybridized carbons (Fsp3) is 0.346. The molecule has 3 nitrogen and oxygen atoms in total. The topological polar surface area (TPSA) is 49.3 Å². The van der Waals surface area contributed by atoms with Crippen molar-refractivity contribution in [3.8, 4) is 0 Å². The van der Waals surface area contributed by atoms with Gasteiger partial charge in [0.2, 0.25) is 0 Å². The molecule has 0 amide bonds. The molecule has 1 heterocycles. The van der Waals surface area contributed by atoms with E-state index in [4.69, 9.17) is 0 Å². The fourth-order valence-corrected chi connectivity index (χ4v) is 7.15. The van der Waals surface area contributed by atoms with Crippen molar-refractivity contribution < 1.29 is 9.90 Å². The predicted octanol–water partition coefficient (Wildman–Crippen LogP) is 6.90. The maximum Gasteiger partial charge on any atom is 0.306 e. The number of nitrogens with one attached hydrogen (secondary N) is 1. The molecule has 2 aromatic carbocycles. The molecule has 1 saturated carbocycles. The SMILES string of the molecule is Cc1cc(C2(Nc3cccc(Br)c3)Cc3ccccc3C23CCC(C(=O)O)CC3)cs1. The Morgan fingerprint density at radius 2 is 1.90 bits per heavy atom. The molecule has 1 aromatic heterocycles. The van der Waals surface area contributed by atoms with Crippen LogP contribution in [-0.4, -0.2) is 11.1 Å². The quantitative estimate of drug-likeness (QED) is 0.413. The molecule has 5 rings (SSSR count). The van der Waals surface area contributed by atoms with Gasteiger partial charge in [0.05, 0.1) is 11.5 Å². The zero-order valence-corrected chi connectivity index (χ0v) is 19.9. The van der Waals surface area contributed by atoms with E-state index in [1.807, 2.05) is 6.07 Å². The molecule has 1 fully saturated rings. The van der Waals surface area contributed by atoms with Crippen LogP contribution in [0.25, 0.3) is 0 Å². The van der Waals surface area contributed by atoms with Gasteiger partial charge >= 0.3 is 5.97 Å². The number of carboxylic acids is 1. The summed E-state index contributed by atoms with van der Waals surface area (Å²) < 4.78 is 1.05. The number of carbonyl (C=O) groups is 1. The Morgan fingerprint density at radius 1 is 1.13 bits per heavy atom. The van der Waals surface area contributed by atoms with Crippen LogP contribution in [0.2, 0.25) is 0 Å². The predicted molar refractivity (Wildman–Crippen MR) is 130 cm³/mol. The smallest absolute Gasteiger partial charge is 0.306 e. The minimum Gasteiger partial charge on any atom is -0.481 e. The van der Waals surface area contributed by atoms with Crippen LogP contribution in [0.5, 0.6) is 0 Å². The Kier molecular flexibility index (Phi) is 5.22. The molecule has 2 aliphatic rings. The van der Waals surface area contributed by atoms with Crippen LogP contribution in [-0.2, 0) is 22.2 Å². The molecule has 1 atom stereocenters. The number of benzene rings is 2. The van der Waals surface area contributed by atoms with Crippen LogP contribution in [0.15, 0.2) is 64.5 Å². The van der Waals surface area contributed by atoms with Crippen LogP contribution in [0.4, 0.5) is 5.69 Å². The van der Waals surface area contributed by atoms with Crippen molar-refractivity contribution in [2.24, 2.45) is 5.92 Å². The third-order valence-electron chi connectivity index (χ3n) is 7.40. The molecule has 1 spiro atoms. The number of thiophene rings is 1. The number of rotatable bonds is 4. The molecule has 2 N–H and O–H groups in total. The van der Waals surface area contributed by atoms with Crippen LogP contribution in [0.3, 0.4) is 0 Å². The number of aryl methyl sites for hydroxylation is 1. The Labute approximate surface area is 195 Å². The first kappa shape index (κ1) is 20.8. The van der Waals surface area contributed by atoms with Gasteiger partial charge in [0, 0.05) is 26.9 Å². The Bertz CT molecular complexity index is 1130. The number of hydrogen-bond donors (Lipinski definition) is 2. The second-order valence-electron chi connectivity index (χ2n) is 9.02. The Morgan fingerprint density at radius 3 is 2.58 bits per heavy atom. The van der Waals surface area contributed by atoms with Gasteiger partial charge in [-0.2, -0.15) is 0 Å². The van der Waals surface area contributed by atoms with Crippen molar-refractivity contribution in [1.82, 2.24) is 0 Å². The monoisotopic (exact) mass is 495 g/mol. The Balaban J connectivity index is 1.69. The van der Waals surface area contributed by atoms with Crippen molar-refractivity contribution in [1.29, 1.82) is 0 Å². The highest BCUT2D eigenvalue weighted by Crippen LogP contribution is 2.60. The summed E-state index contributed by atoms with van der Waals surface area (Å²) in [6.45, 7) is 2.16. The van der Waals surface area contributed by atoms with E-state index in [9.17, 15) is 9.90 Å². The van der Waals surface area contributed by atoms with Gasteiger partial charge in [0.15, 0.2) is 0 Å². The van der Waals surface area contributed by atoms with E-state index in [1.54, 1.807) is 11.3 Å². The molecule has 1 unspecified atom stereocenters. The summed E-state index contributed by atoms with van der Waals surface area (Å²) in [5.41, 5.74) is 4.75. The molecule has 2 aliphatic carbocycles. The second kappa shape index (κ2) is 7.79. The minimum absolute atomic E-state index is 0.134. The first-order valence-corrected chi connectivity index (χ1v) is 12.5. The molecule has 0 bridgehead atoms. The van der Waals surface area contributed by atoms with Gasteiger partial charge in [0.25, 0.3) is 0 Å². The van der Waals surface area contributed by atoms with Gasteiger partial charge < -0.3 is 10.4 Å². The summed E-state index contributed by atoms with van der Waals surface area (Å²) >= 11 is 5.42. The lowest BCUT2D eigenvalue weighted by Crippen LogP contribution is -2.54. The van der Waals surface area contributed by atoms with E-state index >= 15 is 0 Å². The first-order chi connectivity index (χ1) is 14.9. The number of hydrogen-bond acceptors (Lipinski definition) is 3. The van der Waals surface area contributed by atoms with E-state index in [0.717, 1.165) is 29.4 Å². The molecule has 3 aromatic rings. The Hall–Kier alpha value is -2.11. The van der Waals surface area contributed by atoms with Gasteiger partial charge in [-0.1, -0.05) is 46.3 Å². The third kappa shape index (κ3) is 3.33. The lowest BCUT2D eigenvalue weighted by molar-refractivity contribution is -0.143. The van der Waals surface area contributed by atoms with Gasteiger partial charge in [-0.3, -0.25) is 4.79 Å². The molecular weight excluding hydrogens is 470 g/mol. The molecule has 31 heavy (non-hydrogen) atoms. The lowest BCUT2D eigenvalue weighted by atomic mass is 9.57. The fourth-order valence-electron chi connectivity index (χ4n) is 5.97. The molecule has 5 heteroatoms. The first-order valence-electron chi connectivity index (χ1n) is 10.8. The summed E-state index contributed by atoms with van der Waals surface area (Å²) in [5.74, 6) is -0.899. The van der Waals surface area contributed by atoms with Gasteiger partial charge in [-0.25, -0.2) is 0 Å². The van der Waals surface area contributed by atoms with Crippen LogP contribution >= 0.6 is 27.3 Å². The van der Waals surface area contributed by atoms with Gasteiger partial charge in [-0.05, 0) is 78.9 Å². The maximum atomic E-state index is 11.7. The van der Waals surface area contributed by atoms with E-state index in [0.29, 0.717) is 12.8 Å². The standard InChI is InChI=1S/C26H26BrNO2S/c1-17-13-20(16-31-17)26(28-22-7-4-6-21(27)14-22)15-19-5-2-3-8-23(19)25(26)11-9-18(10-12-25)24(29)30/h2-8,13-14,16,18,28H,9-12,15H2,1H3,(H,29,30). The van der Waals surface area contributed by atoms with Crippen LogP contribution < -0.4 is 5.32 Å². The highest BCUT2D eigenvalue weighted by atomic mass is 79.9. The number of aliphatic carboxylic acids is 1. The van der Waals surface area contributed by atoms with Crippen LogP contribution in [0.1, 0.15) is 47.3 Å². The summed E-state index contributed by atoms with van der Waals surface area (Å²) in [6.07, 6.45) is 4.08. The summed E-state index contributed by atoms with van der Waals surface area (Å²) in [4.78, 5) is 13.0.